The third-order valence-corrected chi connectivity index (χ3v) is 2.13. The molecule has 2 rings (SSSR count). The number of benzene rings is 1. The maximum absolute atomic E-state index is 8.68. The van der Waals surface area contributed by atoms with Gasteiger partial charge in [-0.2, -0.15) is 0 Å². The largest absolute Gasteiger partial charge is 0.411 e. The molecule has 0 saturated heterocycles. The van der Waals surface area contributed by atoms with E-state index in [4.69, 9.17) is 10.4 Å². The van der Waals surface area contributed by atoms with Crippen LogP contribution < -0.4 is 0 Å². The Morgan fingerprint density at radius 1 is 0.923 bits per heavy atom. The lowest BCUT2D eigenvalue weighted by Gasteiger charge is -1.95. The number of oxime groups is 2. The van der Waals surface area contributed by atoms with Gasteiger partial charge in [0.25, 0.3) is 0 Å². The van der Waals surface area contributed by atoms with Gasteiger partial charge in [-0.25, -0.2) is 0 Å². The van der Waals surface area contributed by atoms with Crippen molar-refractivity contribution in [3.8, 4) is 0 Å². The fourth-order valence-electron chi connectivity index (χ4n) is 1.51. The molecule has 0 aliphatic heterocycles. The summed E-state index contributed by atoms with van der Waals surface area (Å²) >= 11 is 0. The molecule has 1 aliphatic carbocycles. The molecule has 0 atom stereocenters. The molecule has 1 aromatic carbocycles. The van der Waals surface area contributed by atoms with Crippen molar-refractivity contribution in [3.63, 3.8) is 0 Å². The fraction of sp³-hybridized carbons (Fsp3) is 0.111. The first-order valence-electron chi connectivity index (χ1n) is 3.88. The second kappa shape index (κ2) is 2.90. The van der Waals surface area contributed by atoms with Gasteiger partial charge in [0.05, 0.1) is 11.4 Å². The highest BCUT2D eigenvalue weighted by atomic mass is 16.4. The van der Waals surface area contributed by atoms with Crippen molar-refractivity contribution in [2.45, 2.75) is 6.42 Å². The van der Waals surface area contributed by atoms with Crippen LogP contribution >= 0.6 is 0 Å². The van der Waals surface area contributed by atoms with Crippen LogP contribution in [0.5, 0.6) is 0 Å². The maximum Gasteiger partial charge on any atom is 0.0935 e. The van der Waals surface area contributed by atoms with Crippen LogP contribution in [0, 0.1) is 0 Å². The van der Waals surface area contributed by atoms with E-state index in [1.54, 1.807) is 0 Å². The minimum absolute atomic E-state index is 0.381. The first-order chi connectivity index (χ1) is 6.36. The molecule has 0 bridgehead atoms. The van der Waals surface area contributed by atoms with Gasteiger partial charge < -0.3 is 10.4 Å². The summed E-state index contributed by atoms with van der Waals surface area (Å²) < 4.78 is 0. The summed E-state index contributed by atoms with van der Waals surface area (Å²) in [6.45, 7) is 0. The maximum atomic E-state index is 8.68. The second-order valence-corrected chi connectivity index (χ2v) is 2.82. The van der Waals surface area contributed by atoms with E-state index in [-0.39, 0.29) is 0 Å². The smallest absolute Gasteiger partial charge is 0.0935 e. The predicted molar refractivity (Wildman–Crippen MR) is 47.7 cm³/mol. The molecule has 2 N–H and O–H groups in total. The van der Waals surface area contributed by atoms with E-state index in [0.717, 1.165) is 11.1 Å². The molecule has 0 spiro atoms. The van der Waals surface area contributed by atoms with Crippen LogP contribution in [-0.2, 0) is 0 Å². The molecule has 0 unspecified atom stereocenters. The van der Waals surface area contributed by atoms with Gasteiger partial charge in [-0.15, -0.1) is 0 Å². The summed E-state index contributed by atoms with van der Waals surface area (Å²) in [6.07, 6.45) is 0.381. The van der Waals surface area contributed by atoms with E-state index in [0.29, 0.717) is 17.8 Å². The average Bonchev–Trinajstić information content (AvgIpc) is 2.56. The first-order valence-corrected chi connectivity index (χ1v) is 3.88. The Balaban J connectivity index is 2.63. The van der Waals surface area contributed by atoms with Crippen molar-refractivity contribution in [2.24, 2.45) is 10.3 Å². The van der Waals surface area contributed by atoms with Crippen LogP contribution in [0.3, 0.4) is 0 Å². The third kappa shape index (κ3) is 1.07. The highest BCUT2D eigenvalue weighted by Gasteiger charge is 2.23. The van der Waals surface area contributed by atoms with Crippen molar-refractivity contribution in [1.82, 2.24) is 0 Å². The minimum atomic E-state index is 0.381. The van der Waals surface area contributed by atoms with Crippen molar-refractivity contribution in [2.75, 3.05) is 0 Å². The molecular formula is C9H8N2O2. The monoisotopic (exact) mass is 176 g/mol. The second-order valence-electron chi connectivity index (χ2n) is 2.82. The molecule has 0 radical (unpaired) electrons. The Kier molecular flexibility index (Phi) is 1.73. The summed E-state index contributed by atoms with van der Waals surface area (Å²) in [6, 6.07) is 7.37. The van der Waals surface area contributed by atoms with Crippen molar-refractivity contribution in [3.05, 3.63) is 35.4 Å². The number of hydrogen-bond acceptors (Lipinski definition) is 4. The lowest BCUT2D eigenvalue weighted by molar-refractivity contribution is 0.316. The quantitative estimate of drug-likeness (QED) is 0.464. The van der Waals surface area contributed by atoms with Crippen molar-refractivity contribution >= 4 is 11.4 Å². The highest BCUT2D eigenvalue weighted by molar-refractivity contribution is 6.27. The highest BCUT2D eigenvalue weighted by Crippen LogP contribution is 2.22. The van der Waals surface area contributed by atoms with Gasteiger partial charge in [0, 0.05) is 17.5 Å². The SMILES string of the molecule is O/N=C1/C/C(=N/O)c2ccccc21. The van der Waals surface area contributed by atoms with E-state index in [1.165, 1.54) is 0 Å². The minimum Gasteiger partial charge on any atom is -0.411 e. The van der Waals surface area contributed by atoms with Crippen LogP contribution in [0.25, 0.3) is 0 Å². The molecule has 66 valence electrons. The Hall–Kier alpha value is -1.84. The molecule has 1 aromatic rings. The molecule has 13 heavy (non-hydrogen) atoms. The van der Waals surface area contributed by atoms with E-state index >= 15 is 0 Å². The summed E-state index contributed by atoms with van der Waals surface area (Å²) in [4.78, 5) is 0. The third-order valence-electron chi connectivity index (χ3n) is 2.13. The van der Waals surface area contributed by atoms with Crippen LogP contribution in [0.2, 0.25) is 0 Å². The van der Waals surface area contributed by atoms with Gasteiger partial charge in [0.1, 0.15) is 0 Å². The van der Waals surface area contributed by atoms with Gasteiger partial charge in [-0.3, -0.25) is 0 Å². The zero-order valence-electron chi connectivity index (χ0n) is 6.81. The summed E-state index contributed by atoms with van der Waals surface area (Å²) in [5, 5.41) is 23.7. The fourth-order valence-corrected chi connectivity index (χ4v) is 1.51. The molecular weight excluding hydrogens is 168 g/mol. The number of rotatable bonds is 0. The normalized spacial score (nSPS) is 20.9. The number of nitrogens with zero attached hydrogens (tertiary/aromatic N) is 2. The lowest BCUT2D eigenvalue weighted by atomic mass is 10.1. The van der Waals surface area contributed by atoms with E-state index in [2.05, 4.69) is 10.3 Å². The Labute approximate surface area is 74.8 Å². The molecule has 0 fully saturated rings. The van der Waals surface area contributed by atoms with Gasteiger partial charge in [-0.05, 0) is 0 Å². The van der Waals surface area contributed by atoms with Gasteiger partial charge in [0.2, 0.25) is 0 Å². The van der Waals surface area contributed by atoms with Gasteiger partial charge in [-0.1, -0.05) is 34.6 Å². The zero-order valence-corrected chi connectivity index (χ0v) is 6.81. The van der Waals surface area contributed by atoms with Crippen molar-refractivity contribution < 1.29 is 10.4 Å². The molecule has 0 amide bonds. The number of hydrogen-bond donors (Lipinski definition) is 2. The molecule has 4 nitrogen and oxygen atoms in total. The average molecular weight is 176 g/mol. The molecule has 0 aromatic heterocycles. The van der Waals surface area contributed by atoms with Crippen LogP contribution in [0.4, 0.5) is 0 Å². The molecule has 0 heterocycles. The lowest BCUT2D eigenvalue weighted by Crippen LogP contribution is -1.95. The van der Waals surface area contributed by atoms with E-state index in [9.17, 15) is 0 Å². The molecule has 1 aliphatic rings. The summed E-state index contributed by atoms with van der Waals surface area (Å²) in [7, 11) is 0. The predicted octanol–water partition coefficient (Wildman–Crippen LogP) is 1.45. The van der Waals surface area contributed by atoms with Crippen LogP contribution in [0.1, 0.15) is 17.5 Å². The summed E-state index contributed by atoms with van der Waals surface area (Å²) in [5.41, 5.74) is 2.75. The van der Waals surface area contributed by atoms with Gasteiger partial charge >= 0.3 is 0 Å². The summed E-state index contributed by atoms with van der Waals surface area (Å²) in [5.74, 6) is 0. The van der Waals surface area contributed by atoms with Gasteiger partial charge in [0.15, 0.2) is 0 Å². The zero-order chi connectivity index (χ0) is 9.26. The first kappa shape index (κ1) is 7.79. The standard InChI is InChI=1S/C9H8N2O2/c12-10-8-5-9(11-13)7-4-2-1-3-6(7)8/h1-4,12-13H,5H2/b10-8-,11-9-. The van der Waals surface area contributed by atoms with E-state index < -0.39 is 0 Å². The van der Waals surface area contributed by atoms with Crippen molar-refractivity contribution in [1.29, 1.82) is 0 Å². The Morgan fingerprint density at radius 2 is 1.38 bits per heavy atom. The number of fused-ring (bicyclic) bond motifs is 1. The van der Waals surface area contributed by atoms with Crippen LogP contribution in [-0.4, -0.2) is 21.8 Å². The van der Waals surface area contributed by atoms with E-state index in [1.807, 2.05) is 24.3 Å². The molecule has 4 heteroatoms. The Morgan fingerprint density at radius 3 is 1.77 bits per heavy atom. The van der Waals surface area contributed by atoms with Crippen LogP contribution in [0.15, 0.2) is 34.6 Å². The molecule has 0 saturated carbocycles. The topological polar surface area (TPSA) is 65.2 Å². The Bertz CT molecular complexity index is 359.